The SMILES string of the molecule is COc1ccc(C(NC(=O)CCl)c2ccc(OC)cc2)cc1. The second-order valence-electron chi connectivity index (χ2n) is 4.68. The molecule has 0 aliphatic carbocycles. The van der Waals surface area contributed by atoms with E-state index in [2.05, 4.69) is 5.32 Å². The van der Waals surface area contributed by atoms with Gasteiger partial charge in [0.15, 0.2) is 0 Å². The van der Waals surface area contributed by atoms with Gasteiger partial charge in [-0.3, -0.25) is 4.79 Å². The highest BCUT2D eigenvalue weighted by Gasteiger charge is 2.16. The van der Waals surface area contributed by atoms with Gasteiger partial charge in [-0.1, -0.05) is 24.3 Å². The standard InChI is InChI=1S/C17H18ClNO3/c1-21-14-7-3-12(4-8-14)17(19-16(20)11-18)13-5-9-15(22-2)10-6-13/h3-10,17H,11H2,1-2H3,(H,19,20). The number of halogens is 1. The molecule has 0 radical (unpaired) electrons. The monoisotopic (exact) mass is 319 g/mol. The van der Waals surface area contributed by atoms with E-state index in [-0.39, 0.29) is 17.8 Å². The first kappa shape index (κ1) is 16.2. The lowest BCUT2D eigenvalue weighted by Crippen LogP contribution is -2.30. The van der Waals surface area contributed by atoms with Gasteiger partial charge in [0.05, 0.1) is 20.3 Å². The predicted octanol–water partition coefficient (Wildman–Crippen LogP) is 3.15. The molecular formula is C17H18ClNO3. The summed E-state index contributed by atoms with van der Waals surface area (Å²) in [5, 5.41) is 2.92. The molecule has 116 valence electrons. The maximum absolute atomic E-state index is 11.7. The van der Waals surface area contributed by atoms with Crippen molar-refractivity contribution in [2.45, 2.75) is 6.04 Å². The average molecular weight is 320 g/mol. The second-order valence-corrected chi connectivity index (χ2v) is 4.95. The molecule has 2 aromatic rings. The molecule has 0 unspecified atom stereocenters. The zero-order chi connectivity index (χ0) is 15.9. The van der Waals surface area contributed by atoms with Crippen LogP contribution in [0, 0.1) is 0 Å². The van der Waals surface area contributed by atoms with Crippen LogP contribution in [0.4, 0.5) is 0 Å². The van der Waals surface area contributed by atoms with E-state index >= 15 is 0 Å². The minimum Gasteiger partial charge on any atom is -0.497 e. The number of alkyl halides is 1. The van der Waals surface area contributed by atoms with Crippen molar-refractivity contribution in [3.05, 3.63) is 59.7 Å². The molecular weight excluding hydrogens is 302 g/mol. The van der Waals surface area contributed by atoms with Crippen molar-refractivity contribution in [1.29, 1.82) is 0 Å². The van der Waals surface area contributed by atoms with Crippen LogP contribution in [0.1, 0.15) is 17.2 Å². The zero-order valence-electron chi connectivity index (χ0n) is 12.5. The van der Waals surface area contributed by atoms with E-state index in [4.69, 9.17) is 21.1 Å². The van der Waals surface area contributed by atoms with Gasteiger partial charge >= 0.3 is 0 Å². The Balaban J connectivity index is 2.33. The van der Waals surface area contributed by atoms with Crippen molar-refractivity contribution < 1.29 is 14.3 Å². The molecule has 0 atom stereocenters. The van der Waals surface area contributed by atoms with Crippen LogP contribution in [0.5, 0.6) is 11.5 Å². The van der Waals surface area contributed by atoms with Crippen molar-refractivity contribution in [2.24, 2.45) is 0 Å². The number of carbonyl (C=O) groups excluding carboxylic acids is 1. The summed E-state index contributed by atoms with van der Waals surface area (Å²) in [6.45, 7) is 0. The largest absolute Gasteiger partial charge is 0.497 e. The number of hydrogen-bond acceptors (Lipinski definition) is 3. The summed E-state index contributed by atoms with van der Waals surface area (Å²) >= 11 is 5.61. The van der Waals surface area contributed by atoms with Crippen molar-refractivity contribution in [3.63, 3.8) is 0 Å². The summed E-state index contributed by atoms with van der Waals surface area (Å²) in [5.41, 5.74) is 1.90. The average Bonchev–Trinajstić information content (AvgIpc) is 2.59. The minimum absolute atomic E-state index is 0.0805. The van der Waals surface area contributed by atoms with Crippen LogP contribution in [-0.2, 0) is 4.79 Å². The van der Waals surface area contributed by atoms with Gasteiger partial charge in [-0.25, -0.2) is 0 Å². The Morgan fingerprint density at radius 2 is 1.36 bits per heavy atom. The maximum atomic E-state index is 11.7. The summed E-state index contributed by atoms with van der Waals surface area (Å²) < 4.78 is 10.3. The van der Waals surface area contributed by atoms with E-state index in [0.29, 0.717) is 0 Å². The van der Waals surface area contributed by atoms with E-state index in [1.807, 2.05) is 48.5 Å². The molecule has 0 spiro atoms. The lowest BCUT2D eigenvalue weighted by atomic mass is 9.98. The van der Waals surface area contributed by atoms with Crippen LogP contribution >= 0.6 is 11.6 Å². The third-order valence-corrected chi connectivity index (χ3v) is 3.57. The molecule has 0 fully saturated rings. The predicted molar refractivity (Wildman–Crippen MR) is 86.7 cm³/mol. The van der Waals surface area contributed by atoms with E-state index in [9.17, 15) is 4.79 Å². The number of hydrogen-bond donors (Lipinski definition) is 1. The molecule has 1 amide bonds. The molecule has 0 aliphatic rings. The highest BCUT2D eigenvalue weighted by molar-refractivity contribution is 6.27. The van der Waals surface area contributed by atoms with Gasteiger partial charge in [-0.2, -0.15) is 0 Å². The second kappa shape index (κ2) is 7.71. The van der Waals surface area contributed by atoms with Crippen LogP contribution in [0.25, 0.3) is 0 Å². The van der Waals surface area contributed by atoms with Gasteiger partial charge in [-0.05, 0) is 35.4 Å². The smallest absolute Gasteiger partial charge is 0.235 e. The van der Waals surface area contributed by atoms with E-state index in [0.717, 1.165) is 22.6 Å². The van der Waals surface area contributed by atoms with Crippen molar-refractivity contribution in [3.8, 4) is 11.5 Å². The number of methoxy groups -OCH3 is 2. The molecule has 1 N–H and O–H groups in total. The minimum atomic E-state index is -0.275. The first-order valence-corrected chi connectivity index (χ1v) is 7.34. The fourth-order valence-electron chi connectivity index (χ4n) is 2.15. The molecule has 2 rings (SSSR count). The Kier molecular flexibility index (Phi) is 5.67. The first-order chi connectivity index (χ1) is 10.7. The quantitative estimate of drug-likeness (QED) is 0.832. The fraction of sp³-hybridized carbons (Fsp3) is 0.235. The number of benzene rings is 2. The van der Waals surface area contributed by atoms with Crippen LogP contribution in [0.15, 0.2) is 48.5 Å². The zero-order valence-corrected chi connectivity index (χ0v) is 13.3. The highest BCUT2D eigenvalue weighted by Crippen LogP contribution is 2.25. The Labute approximate surface area is 135 Å². The van der Waals surface area contributed by atoms with Crippen LogP contribution in [0.2, 0.25) is 0 Å². The van der Waals surface area contributed by atoms with Gasteiger partial charge in [0.2, 0.25) is 5.91 Å². The summed E-state index contributed by atoms with van der Waals surface area (Å²) in [7, 11) is 3.23. The lowest BCUT2D eigenvalue weighted by molar-refractivity contribution is -0.119. The number of ether oxygens (including phenoxy) is 2. The molecule has 0 bridgehead atoms. The van der Waals surface area contributed by atoms with Crippen LogP contribution < -0.4 is 14.8 Å². The number of amides is 1. The van der Waals surface area contributed by atoms with Crippen molar-refractivity contribution in [1.82, 2.24) is 5.32 Å². The fourth-order valence-corrected chi connectivity index (χ4v) is 2.23. The van der Waals surface area contributed by atoms with E-state index in [1.54, 1.807) is 14.2 Å². The van der Waals surface area contributed by atoms with Gasteiger partial charge in [0.1, 0.15) is 17.4 Å². The summed E-state index contributed by atoms with van der Waals surface area (Å²) in [6, 6.07) is 14.8. The lowest BCUT2D eigenvalue weighted by Gasteiger charge is -2.20. The summed E-state index contributed by atoms with van der Waals surface area (Å²) in [5.74, 6) is 1.23. The molecule has 0 saturated carbocycles. The first-order valence-electron chi connectivity index (χ1n) is 6.81. The van der Waals surface area contributed by atoms with Gasteiger partial charge < -0.3 is 14.8 Å². The number of carbonyl (C=O) groups is 1. The van der Waals surface area contributed by atoms with Crippen LogP contribution in [-0.4, -0.2) is 26.0 Å². The number of nitrogens with one attached hydrogen (secondary N) is 1. The Morgan fingerprint density at radius 1 is 0.955 bits per heavy atom. The van der Waals surface area contributed by atoms with Gasteiger partial charge in [0, 0.05) is 0 Å². The van der Waals surface area contributed by atoms with Crippen molar-refractivity contribution >= 4 is 17.5 Å². The molecule has 22 heavy (non-hydrogen) atoms. The topological polar surface area (TPSA) is 47.6 Å². The molecule has 5 heteroatoms. The van der Waals surface area contributed by atoms with E-state index < -0.39 is 0 Å². The third-order valence-electron chi connectivity index (χ3n) is 3.32. The summed E-state index contributed by atoms with van der Waals surface area (Å²) in [6.07, 6.45) is 0. The third kappa shape index (κ3) is 3.92. The molecule has 0 saturated heterocycles. The Hall–Kier alpha value is -2.20. The molecule has 0 heterocycles. The Morgan fingerprint density at radius 3 is 1.68 bits per heavy atom. The summed E-state index contributed by atoms with van der Waals surface area (Å²) in [4.78, 5) is 11.7. The van der Waals surface area contributed by atoms with E-state index in [1.165, 1.54) is 0 Å². The molecule has 2 aromatic carbocycles. The van der Waals surface area contributed by atoms with Crippen molar-refractivity contribution in [2.75, 3.05) is 20.1 Å². The molecule has 4 nitrogen and oxygen atoms in total. The normalized spacial score (nSPS) is 10.4. The highest BCUT2D eigenvalue weighted by atomic mass is 35.5. The van der Waals surface area contributed by atoms with Crippen LogP contribution in [0.3, 0.4) is 0 Å². The Bertz CT molecular complexity index is 563. The van der Waals surface area contributed by atoms with Gasteiger partial charge in [-0.15, -0.1) is 11.6 Å². The number of rotatable bonds is 6. The van der Waals surface area contributed by atoms with Gasteiger partial charge in [0.25, 0.3) is 0 Å². The molecule has 0 aliphatic heterocycles. The molecule has 0 aromatic heterocycles. The maximum Gasteiger partial charge on any atom is 0.235 e.